The van der Waals surface area contributed by atoms with Crippen LogP contribution in [0, 0.1) is 0 Å². The van der Waals surface area contributed by atoms with Gasteiger partial charge in [-0.15, -0.1) is 0 Å². The predicted octanol–water partition coefficient (Wildman–Crippen LogP) is -1.03. The van der Waals surface area contributed by atoms with E-state index >= 15 is 0 Å². The minimum atomic E-state index is -3.93. The molecule has 6 heteroatoms. The first-order valence-corrected chi connectivity index (χ1v) is 7.50. The number of fused-ring (bicyclic) bond motifs is 1. The number of para-hydroxylation sites is 1. The fourth-order valence-corrected chi connectivity index (χ4v) is 2.86. The summed E-state index contributed by atoms with van der Waals surface area (Å²) in [5, 5.41) is 0. The van der Waals surface area contributed by atoms with Gasteiger partial charge in [0.1, 0.15) is 5.75 Å². The van der Waals surface area contributed by atoms with Crippen molar-refractivity contribution in [1.82, 2.24) is 0 Å². The van der Waals surface area contributed by atoms with Crippen LogP contribution < -0.4 is 17.0 Å². The molecular formula is C13H18BrNO3S. The van der Waals surface area contributed by atoms with Gasteiger partial charge < -0.3 is 17.0 Å². The molecule has 19 heavy (non-hydrogen) atoms. The van der Waals surface area contributed by atoms with Crippen LogP contribution in [0.4, 0.5) is 5.69 Å². The molecule has 4 nitrogen and oxygen atoms in total. The summed E-state index contributed by atoms with van der Waals surface area (Å²) in [6, 6.07) is 7.97. The van der Waals surface area contributed by atoms with Crippen LogP contribution in [0.25, 0.3) is 0 Å². The van der Waals surface area contributed by atoms with E-state index in [4.69, 9.17) is 4.55 Å². The van der Waals surface area contributed by atoms with Crippen molar-refractivity contribution in [1.29, 1.82) is 0 Å². The molecule has 106 valence electrons. The summed E-state index contributed by atoms with van der Waals surface area (Å²) in [7, 11) is -3.93. The van der Waals surface area contributed by atoms with E-state index in [1.165, 1.54) is 5.56 Å². The summed E-state index contributed by atoms with van der Waals surface area (Å²) in [4.78, 5) is 0. The Bertz CT molecular complexity index is 621. The van der Waals surface area contributed by atoms with Crippen LogP contribution in [0.1, 0.15) is 26.3 Å². The van der Waals surface area contributed by atoms with E-state index in [2.05, 4.69) is 19.9 Å². The quantitative estimate of drug-likeness (QED) is 0.562. The SMILES string of the molecule is CC1=[N+](CCS(=O)(=O)O)c2ccccc2C1(C)C.[Br-]. The van der Waals surface area contributed by atoms with Gasteiger partial charge in [-0.25, -0.2) is 0 Å². The summed E-state index contributed by atoms with van der Waals surface area (Å²) >= 11 is 0. The lowest BCUT2D eigenvalue weighted by molar-refractivity contribution is -0.433. The van der Waals surface area contributed by atoms with E-state index < -0.39 is 10.1 Å². The Hall–Kier alpha value is -0.720. The third-order valence-electron chi connectivity index (χ3n) is 3.75. The molecule has 1 aromatic rings. The first kappa shape index (κ1) is 16.3. The highest BCUT2D eigenvalue weighted by molar-refractivity contribution is 7.85. The molecule has 1 heterocycles. The minimum absolute atomic E-state index is 0. The molecule has 0 aromatic heterocycles. The first-order chi connectivity index (χ1) is 8.23. The average Bonchev–Trinajstić information content (AvgIpc) is 2.45. The van der Waals surface area contributed by atoms with Gasteiger partial charge in [-0.1, -0.05) is 18.2 Å². The van der Waals surface area contributed by atoms with Gasteiger partial charge in [0, 0.05) is 18.6 Å². The van der Waals surface area contributed by atoms with Gasteiger partial charge in [0.05, 0.1) is 5.41 Å². The van der Waals surface area contributed by atoms with Crippen molar-refractivity contribution in [2.24, 2.45) is 0 Å². The summed E-state index contributed by atoms with van der Waals surface area (Å²) < 4.78 is 32.6. The number of nitrogens with zero attached hydrogens (tertiary/aromatic N) is 1. The molecule has 0 aliphatic carbocycles. The largest absolute Gasteiger partial charge is 1.00 e. The second-order valence-electron chi connectivity index (χ2n) is 5.17. The van der Waals surface area contributed by atoms with E-state index in [0.29, 0.717) is 0 Å². The van der Waals surface area contributed by atoms with Crippen LogP contribution in [0.3, 0.4) is 0 Å². The molecule has 0 saturated carbocycles. The van der Waals surface area contributed by atoms with Crippen LogP contribution in [-0.4, -0.2) is 35.6 Å². The second kappa shape index (κ2) is 5.34. The van der Waals surface area contributed by atoms with Gasteiger partial charge >= 0.3 is 0 Å². The van der Waals surface area contributed by atoms with Gasteiger partial charge in [-0.2, -0.15) is 13.0 Å². The molecule has 0 amide bonds. The Labute approximate surface area is 124 Å². The third-order valence-corrected chi connectivity index (χ3v) is 4.45. The van der Waals surface area contributed by atoms with Crippen LogP contribution in [0.2, 0.25) is 0 Å². The van der Waals surface area contributed by atoms with E-state index in [0.717, 1.165) is 11.4 Å². The summed E-state index contributed by atoms with van der Waals surface area (Å²) in [6.07, 6.45) is 0. The maximum absolute atomic E-state index is 10.9. The van der Waals surface area contributed by atoms with E-state index in [9.17, 15) is 8.42 Å². The van der Waals surface area contributed by atoms with E-state index in [1.54, 1.807) is 0 Å². The number of hydrogen-bond acceptors (Lipinski definition) is 2. The predicted molar refractivity (Wildman–Crippen MR) is 71.4 cm³/mol. The Balaban J connectivity index is 0.00000180. The molecule has 0 radical (unpaired) electrons. The Morgan fingerprint density at radius 3 is 2.42 bits per heavy atom. The average molecular weight is 348 g/mol. The maximum atomic E-state index is 10.9. The lowest BCUT2D eigenvalue weighted by atomic mass is 9.82. The summed E-state index contributed by atoms with van der Waals surface area (Å²) in [5.41, 5.74) is 3.23. The molecule has 0 atom stereocenters. The van der Waals surface area contributed by atoms with Gasteiger partial charge in [0.15, 0.2) is 12.3 Å². The molecule has 2 rings (SSSR count). The monoisotopic (exact) mass is 347 g/mol. The van der Waals surface area contributed by atoms with Gasteiger partial charge in [0.2, 0.25) is 5.69 Å². The van der Waals surface area contributed by atoms with Crippen LogP contribution in [0.15, 0.2) is 24.3 Å². The molecule has 0 bridgehead atoms. The normalized spacial score (nSPS) is 17.1. The third kappa shape index (κ3) is 3.07. The Morgan fingerprint density at radius 1 is 1.26 bits per heavy atom. The molecule has 1 aliphatic rings. The van der Waals surface area contributed by atoms with Crippen molar-refractivity contribution < 1.29 is 34.5 Å². The second-order valence-corrected chi connectivity index (χ2v) is 6.74. The molecule has 1 N–H and O–H groups in total. The number of rotatable bonds is 3. The van der Waals surface area contributed by atoms with Crippen LogP contribution >= 0.6 is 0 Å². The van der Waals surface area contributed by atoms with Crippen molar-refractivity contribution >= 4 is 21.5 Å². The standard InChI is InChI=1S/C13H17NO3S.BrH/c1-10-13(2,3)11-6-4-5-7-12(11)14(10)8-9-18(15,16)17;/h4-7H,8-9H2,1-3H3;1H. The lowest BCUT2D eigenvalue weighted by Crippen LogP contribution is -3.00. The number of halogens is 1. The van der Waals surface area contributed by atoms with Crippen molar-refractivity contribution in [3.8, 4) is 0 Å². The first-order valence-electron chi connectivity index (χ1n) is 5.90. The molecule has 1 aliphatic heterocycles. The highest BCUT2D eigenvalue weighted by Crippen LogP contribution is 2.38. The molecule has 0 spiro atoms. The van der Waals surface area contributed by atoms with Crippen LogP contribution in [-0.2, 0) is 15.5 Å². The summed E-state index contributed by atoms with van der Waals surface area (Å²) in [6.45, 7) is 6.53. The molecule has 1 aromatic carbocycles. The lowest BCUT2D eigenvalue weighted by Gasteiger charge is -2.14. The van der Waals surface area contributed by atoms with E-state index in [-0.39, 0.29) is 34.7 Å². The Kier molecular flexibility index (Phi) is 4.59. The summed E-state index contributed by atoms with van der Waals surface area (Å²) in [5.74, 6) is -0.255. The van der Waals surface area contributed by atoms with Crippen molar-refractivity contribution in [2.45, 2.75) is 26.2 Å². The zero-order valence-electron chi connectivity index (χ0n) is 11.2. The minimum Gasteiger partial charge on any atom is -1.00 e. The van der Waals surface area contributed by atoms with E-state index in [1.807, 2.05) is 29.7 Å². The van der Waals surface area contributed by atoms with Gasteiger partial charge in [-0.3, -0.25) is 4.55 Å². The fourth-order valence-electron chi connectivity index (χ4n) is 2.45. The molecule has 0 fully saturated rings. The van der Waals surface area contributed by atoms with Crippen molar-refractivity contribution in [2.75, 3.05) is 12.3 Å². The van der Waals surface area contributed by atoms with Crippen molar-refractivity contribution in [3.05, 3.63) is 29.8 Å². The zero-order chi connectivity index (χ0) is 13.6. The number of hydrogen-bond donors (Lipinski definition) is 1. The fraction of sp³-hybridized carbons (Fsp3) is 0.462. The van der Waals surface area contributed by atoms with Crippen molar-refractivity contribution in [3.63, 3.8) is 0 Å². The number of benzene rings is 1. The zero-order valence-corrected chi connectivity index (χ0v) is 13.6. The molecule has 0 saturated heterocycles. The molecular weight excluding hydrogens is 330 g/mol. The highest BCUT2D eigenvalue weighted by atomic mass is 79.9. The van der Waals surface area contributed by atoms with Crippen LogP contribution in [0.5, 0.6) is 0 Å². The van der Waals surface area contributed by atoms with Gasteiger partial charge in [0.25, 0.3) is 10.1 Å². The topological polar surface area (TPSA) is 57.4 Å². The molecule has 0 unspecified atom stereocenters. The highest BCUT2D eigenvalue weighted by Gasteiger charge is 2.42. The maximum Gasteiger partial charge on any atom is 0.271 e. The van der Waals surface area contributed by atoms with Gasteiger partial charge in [-0.05, 0) is 13.8 Å². The smallest absolute Gasteiger partial charge is 0.271 e. The Morgan fingerprint density at radius 2 is 1.84 bits per heavy atom.